The molecule has 0 aliphatic carbocycles. The second kappa shape index (κ2) is 6.91. The number of pyridine rings is 1. The summed E-state index contributed by atoms with van der Waals surface area (Å²) in [5.74, 6) is 0.414. The van der Waals surface area contributed by atoms with Gasteiger partial charge in [-0.2, -0.15) is 0 Å². The number of rotatable bonds is 6. The second-order valence-corrected chi connectivity index (χ2v) is 4.98. The van der Waals surface area contributed by atoms with E-state index in [2.05, 4.69) is 15.5 Å². The van der Waals surface area contributed by atoms with Crippen molar-refractivity contribution in [3.8, 4) is 5.88 Å². The zero-order valence-electron chi connectivity index (χ0n) is 12.8. The van der Waals surface area contributed by atoms with Gasteiger partial charge in [0.2, 0.25) is 11.8 Å². The van der Waals surface area contributed by atoms with Crippen LogP contribution in [0.2, 0.25) is 0 Å². The number of fused-ring (bicyclic) bond motifs is 1. The molecule has 0 bridgehead atoms. The van der Waals surface area contributed by atoms with E-state index in [1.165, 1.54) is 0 Å². The van der Waals surface area contributed by atoms with Crippen LogP contribution in [-0.4, -0.2) is 22.7 Å². The van der Waals surface area contributed by atoms with Crippen molar-refractivity contribution in [2.75, 3.05) is 6.61 Å². The van der Waals surface area contributed by atoms with Crippen LogP contribution in [0.1, 0.15) is 18.2 Å². The number of para-hydroxylation sites is 1. The van der Waals surface area contributed by atoms with E-state index < -0.39 is 0 Å². The Bertz CT molecular complexity index is 813. The third kappa shape index (κ3) is 3.48. The first-order valence-corrected chi connectivity index (χ1v) is 7.44. The molecule has 2 heterocycles. The van der Waals surface area contributed by atoms with Crippen LogP contribution in [0.3, 0.4) is 0 Å². The Kier molecular flexibility index (Phi) is 4.52. The Morgan fingerprint density at radius 2 is 2.13 bits per heavy atom. The van der Waals surface area contributed by atoms with Crippen LogP contribution in [0, 0.1) is 0 Å². The molecule has 1 amide bonds. The standard InChI is InChI=1S/C17H17N3O3/c1-2-22-17-12(6-5-9-18-17)11-19-16(21)10-14-13-7-3-4-8-15(13)23-20-14/h3-9H,2,10-11H2,1H3,(H,19,21). The van der Waals surface area contributed by atoms with Crippen LogP contribution in [0.5, 0.6) is 5.88 Å². The third-order valence-corrected chi connectivity index (χ3v) is 3.39. The van der Waals surface area contributed by atoms with Gasteiger partial charge >= 0.3 is 0 Å². The lowest BCUT2D eigenvalue weighted by Gasteiger charge is -2.09. The number of nitrogens with one attached hydrogen (secondary N) is 1. The zero-order chi connectivity index (χ0) is 16.1. The molecule has 3 aromatic rings. The monoisotopic (exact) mass is 311 g/mol. The van der Waals surface area contributed by atoms with Gasteiger partial charge in [0, 0.05) is 23.7 Å². The first-order chi connectivity index (χ1) is 11.3. The zero-order valence-corrected chi connectivity index (χ0v) is 12.8. The van der Waals surface area contributed by atoms with Crippen LogP contribution < -0.4 is 10.1 Å². The average Bonchev–Trinajstić information content (AvgIpc) is 2.98. The molecular formula is C17H17N3O3. The number of aromatic nitrogens is 2. The molecule has 1 N–H and O–H groups in total. The Morgan fingerprint density at radius 1 is 1.26 bits per heavy atom. The van der Waals surface area contributed by atoms with E-state index in [1.54, 1.807) is 6.20 Å². The highest BCUT2D eigenvalue weighted by molar-refractivity contribution is 5.86. The molecule has 0 saturated heterocycles. The molecule has 0 unspecified atom stereocenters. The van der Waals surface area contributed by atoms with Gasteiger partial charge in [0.05, 0.1) is 13.0 Å². The van der Waals surface area contributed by atoms with Crippen LogP contribution in [0.25, 0.3) is 11.0 Å². The molecule has 0 atom stereocenters. The lowest BCUT2D eigenvalue weighted by molar-refractivity contribution is -0.120. The van der Waals surface area contributed by atoms with Gasteiger partial charge in [0.15, 0.2) is 5.58 Å². The van der Waals surface area contributed by atoms with Crippen molar-refractivity contribution >= 4 is 16.9 Å². The van der Waals surface area contributed by atoms with Crippen LogP contribution in [0.4, 0.5) is 0 Å². The van der Waals surface area contributed by atoms with E-state index in [-0.39, 0.29) is 12.3 Å². The Hall–Kier alpha value is -2.89. The summed E-state index contributed by atoms with van der Waals surface area (Å²) >= 11 is 0. The van der Waals surface area contributed by atoms with Crippen molar-refractivity contribution in [1.29, 1.82) is 0 Å². The number of carbonyl (C=O) groups is 1. The second-order valence-electron chi connectivity index (χ2n) is 4.98. The SMILES string of the molecule is CCOc1ncccc1CNC(=O)Cc1noc2ccccc12. The first kappa shape index (κ1) is 15.0. The van der Waals surface area contributed by atoms with E-state index in [1.807, 2.05) is 43.3 Å². The number of nitrogens with zero attached hydrogens (tertiary/aromatic N) is 2. The van der Waals surface area contributed by atoms with Crippen molar-refractivity contribution in [2.24, 2.45) is 0 Å². The van der Waals surface area contributed by atoms with Gasteiger partial charge in [0.1, 0.15) is 5.69 Å². The number of hydrogen-bond acceptors (Lipinski definition) is 5. The fraction of sp³-hybridized carbons (Fsp3) is 0.235. The van der Waals surface area contributed by atoms with Gasteiger partial charge in [-0.3, -0.25) is 4.79 Å². The van der Waals surface area contributed by atoms with Gasteiger partial charge in [-0.25, -0.2) is 4.98 Å². The van der Waals surface area contributed by atoms with Gasteiger partial charge in [-0.1, -0.05) is 23.4 Å². The summed E-state index contributed by atoms with van der Waals surface area (Å²) < 4.78 is 10.6. The minimum absolute atomic E-state index is 0.129. The maximum absolute atomic E-state index is 12.1. The Balaban J connectivity index is 1.64. The Morgan fingerprint density at radius 3 is 3.00 bits per heavy atom. The highest BCUT2D eigenvalue weighted by Gasteiger charge is 2.12. The number of hydrogen-bond donors (Lipinski definition) is 1. The molecule has 118 valence electrons. The lowest BCUT2D eigenvalue weighted by Crippen LogP contribution is -2.25. The highest BCUT2D eigenvalue weighted by Crippen LogP contribution is 2.18. The quantitative estimate of drug-likeness (QED) is 0.756. The molecule has 1 aromatic carbocycles. The summed E-state index contributed by atoms with van der Waals surface area (Å²) in [6.45, 7) is 2.79. The molecule has 0 saturated carbocycles. The minimum Gasteiger partial charge on any atom is -0.478 e. The number of amides is 1. The fourth-order valence-corrected chi connectivity index (χ4v) is 2.30. The van der Waals surface area contributed by atoms with E-state index >= 15 is 0 Å². The van der Waals surface area contributed by atoms with E-state index in [4.69, 9.17) is 9.26 Å². The summed E-state index contributed by atoms with van der Waals surface area (Å²) in [4.78, 5) is 16.3. The normalized spacial score (nSPS) is 10.7. The molecule has 3 rings (SSSR count). The maximum Gasteiger partial charge on any atom is 0.226 e. The van der Waals surface area contributed by atoms with E-state index in [0.29, 0.717) is 30.3 Å². The average molecular weight is 311 g/mol. The molecular weight excluding hydrogens is 294 g/mol. The van der Waals surface area contributed by atoms with E-state index in [0.717, 1.165) is 10.9 Å². The molecule has 2 aromatic heterocycles. The van der Waals surface area contributed by atoms with Crippen molar-refractivity contribution < 1.29 is 14.1 Å². The number of benzene rings is 1. The van der Waals surface area contributed by atoms with Crippen molar-refractivity contribution in [3.63, 3.8) is 0 Å². The maximum atomic E-state index is 12.1. The topological polar surface area (TPSA) is 77.2 Å². The summed E-state index contributed by atoms with van der Waals surface area (Å²) in [5, 5.41) is 7.68. The van der Waals surface area contributed by atoms with Crippen molar-refractivity contribution in [3.05, 3.63) is 53.9 Å². The first-order valence-electron chi connectivity index (χ1n) is 7.44. The number of ether oxygens (including phenoxy) is 1. The predicted molar refractivity (Wildman–Crippen MR) is 85.0 cm³/mol. The van der Waals surface area contributed by atoms with Crippen molar-refractivity contribution in [1.82, 2.24) is 15.5 Å². The van der Waals surface area contributed by atoms with Gasteiger partial charge in [0.25, 0.3) is 0 Å². The molecule has 0 radical (unpaired) electrons. The molecule has 6 nitrogen and oxygen atoms in total. The summed E-state index contributed by atoms with van der Waals surface area (Å²) in [5.41, 5.74) is 2.16. The fourth-order valence-electron chi connectivity index (χ4n) is 2.30. The lowest BCUT2D eigenvalue weighted by atomic mass is 10.1. The summed E-state index contributed by atoms with van der Waals surface area (Å²) in [7, 11) is 0. The molecule has 0 spiro atoms. The van der Waals surface area contributed by atoms with Crippen LogP contribution in [-0.2, 0) is 17.8 Å². The summed E-state index contributed by atoms with van der Waals surface area (Å²) in [6.07, 6.45) is 1.83. The van der Waals surface area contributed by atoms with E-state index in [9.17, 15) is 4.79 Å². The molecule has 0 aliphatic rings. The molecule has 0 aliphatic heterocycles. The number of carbonyl (C=O) groups excluding carboxylic acids is 1. The van der Waals surface area contributed by atoms with Gasteiger partial charge < -0.3 is 14.6 Å². The molecule has 0 fully saturated rings. The molecule has 6 heteroatoms. The highest BCUT2D eigenvalue weighted by atomic mass is 16.5. The smallest absolute Gasteiger partial charge is 0.226 e. The predicted octanol–water partition coefficient (Wildman–Crippen LogP) is 2.48. The van der Waals surface area contributed by atoms with Crippen LogP contribution >= 0.6 is 0 Å². The largest absolute Gasteiger partial charge is 0.478 e. The van der Waals surface area contributed by atoms with Gasteiger partial charge in [-0.05, 0) is 25.1 Å². The summed E-state index contributed by atoms with van der Waals surface area (Å²) in [6, 6.07) is 11.2. The molecule has 23 heavy (non-hydrogen) atoms. The van der Waals surface area contributed by atoms with Crippen LogP contribution in [0.15, 0.2) is 47.1 Å². The third-order valence-electron chi connectivity index (χ3n) is 3.39. The van der Waals surface area contributed by atoms with Gasteiger partial charge in [-0.15, -0.1) is 0 Å². The van der Waals surface area contributed by atoms with Crippen molar-refractivity contribution in [2.45, 2.75) is 19.9 Å². The minimum atomic E-state index is -0.129. The Labute approximate surface area is 133 Å².